The van der Waals surface area contributed by atoms with Gasteiger partial charge in [-0.2, -0.15) is 0 Å². The van der Waals surface area contributed by atoms with Crippen LogP contribution >= 0.6 is 11.3 Å². The molecule has 2 aromatic rings. The van der Waals surface area contributed by atoms with E-state index in [9.17, 15) is 52.3 Å². The molecule has 1 aromatic carbocycles. The Kier molecular flexibility index (Phi) is 24.5. The molecule has 2 fully saturated rings. The summed E-state index contributed by atoms with van der Waals surface area (Å²) in [6.45, 7) is 20.9. The average Bonchev–Trinajstić information content (AvgIpc) is 4.13. The number of amides is 10. The van der Waals surface area contributed by atoms with Crippen LogP contribution in [0.4, 0.5) is 4.39 Å². The first-order valence-corrected chi connectivity index (χ1v) is 29.4. The minimum Gasteiger partial charge on any atom is -0.354 e. The Morgan fingerprint density at radius 1 is 0.683 bits per heavy atom. The molecule has 24 heteroatoms. The molecule has 0 spiro atoms. The fourth-order valence-electron chi connectivity index (χ4n) is 9.81. The summed E-state index contributed by atoms with van der Waals surface area (Å²) in [6, 6.07) is 1.44. The first-order valence-electron chi connectivity index (χ1n) is 28.5. The highest BCUT2D eigenvalue weighted by molar-refractivity contribution is 7.09. The lowest BCUT2D eigenvalue weighted by atomic mass is 9.76. The summed E-state index contributed by atoms with van der Waals surface area (Å²) in [5.41, 5.74) is -4.79. The fraction of sp³-hybridized carbons (Fsp3) is 0.672. The molecule has 1 saturated heterocycles. The average molecular weight is 1170 g/mol. The molecule has 22 nitrogen and oxygen atoms in total. The van der Waals surface area contributed by atoms with Gasteiger partial charge in [0, 0.05) is 49.6 Å². The van der Waals surface area contributed by atoms with Crippen molar-refractivity contribution in [3.63, 3.8) is 0 Å². The van der Waals surface area contributed by atoms with Crippen LogP contribution in [0.1, 0.15) is 156 Å². The van der Waals surface area contributed by atoms with Crippen LogP contribution < -0.4 is 47.9 Å². The number of thiazole rings is 1. The van der Waals surface area contributed by atoms with Gasteiger partial charge in [0.25, 0.3) is 5.91 Å². The van der Waals surface area contributed by atoms with Crippen molar-refractivity contribution >= 4 is 70.4 Å². The number of carbonyl (C=O) groups is 10. The van der Waals surface area contributed by atoms with E-state index in [2.05, 4.69) is 52.8 Å². The van der Waals surface area contributed by atoms with Crippen molar-refractivity contribution in [2.75, 3.05) is 33.7 Å². The summed E-state index contributed by atoms with van der Waals surface area (Å²) in [6.07, 6.45) is 4.81. The zero-order chi connectivity index (χ0) is 61.5. The van der Waals surface area contributed by atoms with E-state index in [-0.39, 0.29) is 73.4 Å². The molecule has 1 aliphatic carbocycles. The number of hydrogen-bond donors (Lipinski definition) is 9. The van der Waals surface area contributed by atoms with Gasteiger partial charge in [0.1, 0.15) is 52.6 Å². The highest BCUT2D eigenvalue weighted by Gasteiger charge is 2.43. The maximum atomic E-state index is 14.3. The lowest BCUT2D eigenvalue weighted by Gasteiger charge is -2.44. The molecule has 4 rings (SSSR count). The number of nitrogens with one attached hydrogen (secondary N) is 9. The molecular formula is C58H91FN12O10S. The highest BCUT2D eigenvalue weighted by atomic mass is 32.1. The summed E-state index contributed by atoms with van der Waals surface area (Å²) >= 11 is 1.23. The Hall–Kier alpha value is -6.56. The Morgan fingerprint density at radius 2 is 1.21 bits per heavy atom. The van der Waals surface area contributed by atoms with Crippen molar-refractivity contribution in [3.8, 4) is 0 Å². The minimum absolute atomic E-state index is 0.0382. The molecule has 1 aromatic heterocycles. The molecule has 0 radical (unpaired) electrons. The minimum atomic E-state index is -1.69. The van der Waals surface area contributed by atoms with Gasteiger partial charge in [0.2, 0.25) is 53.2 Å². The van der Waals surface area contributed by atoms with E-state index in [4.69, 9.17) is 0 Å². The van der Waals surface area contributed by atoms with Gasteiger partial charge in [-0.05, 0) is 149 Å². The first-order chi connectivity index (χ1) is 38.1. The van der Waals surface area contributed by atoms with Crippen LogP contribution in [-0.2, 0) is 49.6 Å². The Balaban J connectivity index is 1.41. The third-order valence-electron chi connectivity index (χ3n) is 14.4. The van der Waals surface area contributed by atoms with E-state index >= 15 is 0 Å². The monoisotopic (exact) mass is 1170 g/mol. The van der Waals surface area contributed by atoms with Crippen molar-refractivity contribution in [1.82, 2.24) is 62.6 Å². The van der Waals surface area contributed by atoms with Gasteiger partial charge in [0.05, 0.1) is 10.5 Å². The summed E-state index contributed by atoms with van der Waals surface area (Å²) in [5.74, 6) is -8.57. The van der Waals surface area contributed by atoms with Crippen molar-refractivity contribution in [2.24, 2.45) is 23.7 Å². The second kappa shape index (κ2) is 29.6. The number of benzene rings is 1. The standard InChI is InChI=1S/C58H91FN12O10S/c1-34(2)29-40(48(75)63-42(31-36(5)6)50(77)68-57(11,12)54(81)69-55(7,8)52(79)61-25-22-44(72)66-58(23-16-24-58)33-70(13)14)64-53(80)56(9,10)67-49(76)41(30-35(3)4)62-46(73)39(32-45-60-26-28-82-45)47(74)65-43-17-15-27-71(43)51(78)37-18-20-38(59)21-19-37/h18-21,26,28,34-36,39-43H,15-17,22-25,27,29-33H2,1-14H3,(H,61,79)(H,62,73)(H,63,75)(H,64,80)(H,65,74)(H,66,72)(H,67,76)(H,68,77)(H,69,81)/t39-,40-,41-,42-,43-/m0/s1. The molecule has 2 aliphatic rings. The smallest absolute Gasteiger partial charge is 0.255 e. The molecule has 10 amide bonds. The number of aromatic nitrogens is 1. The number of likely N-dealkylation sites (tertiary alicyclic amines) is 1. The van der Waals surface area contributed by atoms with Gasteiger partial charge in [-0.1, -0.05) is 41.5 Å². The van der Waals surface area contributed by atoms with E-state index in [1.165, 1.54) is 88.2 Å². The first kappa shape index (κ1) is 67.9. The van der Waals surface area contributed by atoms with Crippen molar-refractivity contribution in [2.45, 2.75) is 194 Å². The third-order valence-corrected chi connectivity index (χ3v) is 15.2. The van der Waals surface area contributed by atoms with Crippen LogP contribution in [0, 0.1) is 29.5 Å². The quantitative estimate of drug-likeness (QED) is 0.0510. The van der Waals surface area contributed by atoms with E-state index in [1.807, 2.05) is 60.5 Å². The molecule has 5 atom stereocenters. The van der Waals surface area contributed by atoms with Crippen LogP contribution in [-0.4, -0.2) is 154 Å². The van der Waals surface area contributed by atoms with Crippen LogP contribution in [0.5, 0.6) is 0 Å². The second-order valence-corrected chi connectivity index (χ2v) is 26.1. The highest BCUT2D eigenvalue weighted by Crippen LogP contribution is 2.32. The maximum absolute atomic E-state index is 14.3. The molecular weight excluding hydrogens is 1080 g/mol. The SMILES string of the molecule is CC(C)C[C@H](NC(=O)[C@H](Cc1nccs1)C(=O)N[C@@H]1CCCN1C(=O)c1ccc(F)cc1)C(=O)NC(C)(C)C(=O)N[C@@H](CC(C)C)C(=O)N[C@@H](CC(C)C)C(=O)NC(C)(C)C(=O)NC(C)(C)C(=O)NCCC(=O)NC1(CN(C)C)CCC1. The number of rotatable bonds is 30. The molecule has 82 heavy (non-hydrogen) atoms. The predicted molar refractivity (Wildman–Crippen MR) is 310 cm³/mol. The summed E-state index contributed by atoms with van der Waals surface area (Å²) in [4.78, 5) is 146. The lowest BCUT2D eigenvalue weighted by Crippen LogP contribution is -2.65. The number of hydrogen-bond acceptors (Lipinski definition) is 13. The lowest BCUT2D eigenvalue weighted by molar-refractivity contribution is -0.140. The summed E-state index contributed by atoms with van der Waals surface area (Å²) in [7, 11) is 3.90. The van der Waals surface area contributed by atoms with Crippen LogP contribution in [0.25, 0.3) is 0 Å². The Labute approximate surface area is 486 Å². The number of likely N-dealkylation sites (N-methyl/N-ethyl adjacent to an activating group) is 1. The Morgan fingerprint density at radius 3 is 1.71 bits per heavy atom. The Bertz CT molecular complexity index is 2570. The molecule has 0 bridgehead atoms. The van der Waals surface area contributed by atoms with Gasteiger partial charge in [-0.3, -0.25) is 47.9 Å². The van der Waals surface area contributed by atoms with Gasteiger partial charge < -0.3 is 57.7 Å². The molecule has 456 valence electrons. The van der Waals surface area contributed by atoms with E-state index in [1.54, 1.807) is 5.38 Å². The van der Waals surface area contributed by atoms with Gasteiger partial charge in [0.15, 0.2) is 0 Å². The normalized spacial score (nSPS) is 16.7. The predicted octanol–water partition coefficient (Wildman–Crippen LogP) is 3.20. The van der Waals surface area contributed by atoms with E-state index in [0.717, 1.165) is 19.3 Å². The largest absolute Gasteiger partial charge is 0.354 e. The molecule has 0 unspecified atom stereocenters. The number of carbonyl (C=O) groups excluding carboxylic acids is 10. The van der Waals surface area contributed by atoms with Crippen LogP contribution in [0.3, 0.4) is 0 Å². The van der Waals surface area contributed by atoms with Gasteiger partial charge in [-0.15, -0.1) is 11.3 Å². The van der Waals surface area contributed by atoms with Crippen molar-refractivity contribution < 1.29 is 52.3 Å². The fourth-order valence-corrected chi connectivity index (χ4v) is 10.5. The third kappa shape index (κ3) is 20.4. The van der Waals surface area contributed by atoms with Crippen LogP contribution in [0.2, 0.25) is 0 Å². The maximum Gasteiger partial charge on any atom is 0.255 e. The van der Waals surface area contributed by atoms with Crippen LogP contribution in [0.15, 0.2) is 35.8 Å². The molecule has 2 heterocycles. The summed E-state index contributed by atoms with van der Waals surface area (Å²) in [5, 5.41) is 27.3. The zero-order valence-electron chi connectivity index (χ0n) is 50.5. The topological polar surface area (TPSA) is 298 Å². The molecule has 1 aliphatic heterocycles. The van der Waals surface area contributed by atoms with E-state index in [0.29, 0.717) is 30.9 Å². The van der Waals surface area contributed by atoms with Gasteiger partial charge >= 0.3 is 0 Å². The molecule has 9 N–H and O–H groups in total. The zero-order valence-corrected chi connectivity index (χ0v) is 51.3. The van der Waals surface area contributed by atoms with Crippen molar-refractivity contribution in [3.05, 3.63) is 52.2 Å². The summed E-state index contributed by atoms with van der Waals surface area (Å²) < 4.78 is 13.7. The van der Waals surface area contributed by atoms with Crippen molar-refractivity contribution in [1.29, 1.82) is 0 Å². The second-order valence-electron chi connectivity index (χ2n) is 25.1. The number of halogens is 1. The molecule has 1 saturated carbocycles. The van der Waals surface area contributed by atoms with E-state index < -0.39 is 106 Å². The van der Waals surface area contributed by atoms with Gasteiger partial charge in [-0.25, -0.2) is 9.37 Å². The number of nitrogens with zero attached hydrogens (tertiary/aromatic N) is 3.